The van der Waals surface area contributed by atoms with Crippen molar-refractivity contribution in [3.05, 3.63) is 0 Å². The highest BCUT2D eigenvalue weighted by molar-refractivity contribution is 5.83. The van der Waals surface area contributed by atoms with Gasteiger partial charge in [-0.15, -0.1) is 0 Å². The van der Waals surface area contributed by atoms with E-state index in [2.05, 4.69) is 15.2 Å². The third-order valence-electron chi connectivity index (χ3n) is 3.42. The second-order valence-corrected chi connectivity index (χ2v) is 6.88. The third kappa shape index (κ3) is 7.85. The van der Waals surface area contributed by atoms with Crippen LogP contribution < -0.4 is 11.1 Å². The van der Waals surface area contributed by atoms with Crippen LogP contribution in [-0.2, 0) is 14.3 Å². The minimum atomic E-state index is -0.511. The van der Waals surface area contributed by atoms with E-state index in [1.54, 1.807) is 0 Å². The maximum absolute atomic E-state index is 11.8. The summed E-state index contributed by atoms with van der Waals surface area (Å²) in [4.78, 5) is 29.4. The second-order valence-electron chi connectivity index (χ2n) is 6.88. The first kappa shape index (κ1) is 19.3. The number of ether oxygens (including phenoxy) is 1. The number of carbonyl (C=O) groups is 2. The number of guanidine groups is 1. The Kier molecular flexibility index (Phi) is 7.32. The monoisotopic (exact) mass is 326 g/mol. The molecule has 0 aromatic rings. The number of esters is 1. The molecule has 1 unspecified atom stereocenters. The lowest BCUT2D eigenvalue weighted by atomic mass is 9.95. The second kappa shape index (κ2) is 8.74. The van der Waals surface area contributed by atoms with Crippen molar-refractivity contribution >= 4 is 17.8 Å². The molecule has 0 radical (unpaired) electrons. The Morgan fingerprint density at radius 3 is 2.65 bits per heavy atom. The van der Waals surface area contributed by atoms with Crippen LogP contribution in [0.2, 0.25) is 0 Å². The zero-order valence-electron chi connectivity index (χ0n) is 14.7. The molecule has 1 amide bonds. The van der Waals surface area contributed by atoms with Crippen LogP contribution in [0.3, 0.4) is 0 Å². The van der Waals surface area contributed by atoms with E-state index in [1.165, 1.54) is 0 Å². The van der Waals surface area contributed by atoms with Gasteiger partial charge in [0.15, 0.2) is 5.96 Å². The number of hydrogen-bond donors (Lipinski definition) is 2. The molecule has 0 bridgehead atoms. The summed E-state index contributed by atoms with van der Waals surface area (Å²) < 4.78 is 5.27. The summed E-state index contributed by atoms with van der Waals surface area (Å²) in [5, 5.41) is 3.20. The molecule has 0 spiro atoms. The Hall–Kier alpha value is -1.79. The van der Waals surface area contributed by atoms with Crippen molar-refractivity contribution in [1.82, 2.24) is 10.2 Å². The normalized spacial score (nSPS) is 19.4. The summed E-state index contributed by atoms with van der Waals surface area (Å²) in [6.07, 6.45) is 2.36. The summed E-state index contributed by atoms with van der Waals surface area (Å²) in [6, 6.07) is 0. The number of nitrogens with two attached hydrogens (primary N) is 1. The SMILES string of the molecule is CCNC(=NCC(=O)OC(C)(C)C)N1CCCC(CC(N)=O)C1. The smallest absolute Gasteiger partial charge is 0.328 e. The highest BCUT2D eigenvalue weighted by Gasteiger charge is 2.24. The maximum atomic E-state index is 11.8. The van der Waals surface area contributed by atoms with Crippen molar-refractivity contribution in [3.8, 4) is 0 Å². The van der Waals surface area contributed by atoms with Crippen molar-refractivity contribution in [1.29, 1.82) is 0 Å². The van der Waals surface area contributed by atoms with Crippen molar-refractivity contribution in [2.75, 3.05) is 26.2 Å². The van der Waals surface area contributed by atoms with Crippen LogP contribution in [0, 0.1) is 5.92 Å². The minimum absolute atomic E-state index is 0.0173. The van der Waals surface area contributed by atoms with E-state index in [1.807, 2.05) is 27.7 Å². The number of aliphatic imine (C=N–C) groups is 1. The zero-order chi connectivity index (χ0) is 17.5. The topological polar surface area (TPSA) is 97.0 Å². The number of carbonyl (C=O) groups excluding carboxylic acids is 2. The molecule has 1 aliphatic rings. The van der Waals surface area contributed by atoms with Crippen LogP contribution in [0.4, 0.5) is 0 Å². The number of amides is 1. The number of likely N-dealkylation sites (tertiary alicyclic amines) is 1. The molecule has 1 fully saturated rings. The van der Waals surface area contributed by atoms with Crippen molar-refractivity contribution in [3.63, 3.8) is 0 Å². The average molecular weight is 326 g/mol. The molecule has 0 aromatic carbocycles. The Balaban J connectivity index is 2.66. The lowest BCUT2D eigenvalue weighted by Gasteiger charge is -2.34. The minimum Gasteiger partial charge on any atom is -0.459 e. The van der Waals surface area contributed by atoms with E-state index in [9.17, 15) is 9.59 Å². The van der Waals surface area contributed by atoms with Gasteiger partial charge in [-0.3, -0.25) is 9.59 Å². The first-order valence-electron chi connectivity index (χ1n) is 8.24. The van der Waals surface area contributed by atoms with Crippen LogP contribution in [0.25, 0.3) is 0 Å². The first-order valence-corrected chi connectivity index (χ1v) is 8.24. The largest absolute Gasteiger partial charge is 0.459 e. The molecule has 0 aliphatic carbocycles. The lowest BCUT2D eigenvalue weighted by molar-refractivity contribution is -0.152. The highest BCUT2D eigenvalue weighted by atomic mass is 16.6. The van der Waals surface area contributed by atoms with Gasteiger partial charge in [-0.05, 0) is 46.5 Å². The van der Waals surface area contributed by atoms with Gasteiger partial charge in [-0.2, -0.15) is 0 Å². The Bertz CT molecular complexity index is 443. The van der Waals surface area contributed by atoms with Crippen molar-refractivity contribution < 1.29 is 14.3 Å². The molecule has 1 aliphatic heterocycles. The van der Waals surface area contributed by atoms with E-state index < -0.39 is 5.60 Å². The summed E-state index contributed by atoms with van der Waals surface area (Å²) >= 11 is 0. The molecule has 1 heterocycles. The van der Waals surface area contributed by atoms with Crippen LogP contribution >= 0.6 is 0 Å². The molecular formula is C16H30N4O3. The quantitative estimate of drug-likeness (QED) is 0.444. The van der Waals surface area contributed by atoms with Gasteiger partial charge in [0, 0.05) is 26.1 Å². The average Bonchev–Trinajstić information content (AvgIpc) is 2.41. The van der Waals surface area contributed by atoms with E-state index >= 15 is 0 Å². The van der Waals surface area contributed by atoms with Gasteiger partial charge >= 0.3 is 5.97 Å². The third-order valence-corrected chi connectivity index (χ3v) is 3.42. The molecule has 7 nitrogen and oxygen atoms in total. The van der Waals surface area contributed by atoms with Crippen LogP contribution in [0.5, 0.6) is 0 Å². The fourth-order valence-corrected chi connectivity index (χ4v) is 2.65. The van der Waals surface area contributed by atoms with E-state index in [4.69, 9.17) is 10.5 Å². The molecule has 1 saturated heterocycles. The van der Waals surface area contributed by atoms with Crippen LogP contribution in [0.15, 0.2) is 4.99 Å². The van der Waals surface area contributed by atoms with Gasteiger partial charge in [0.1, 0.15) is 12.1 Å². The van der Waals surface area contributed by atoms with Gasteiger partial charge in [0.05, 0.1) is 0 Å². The number of primary amides is 1. The van der Waals surface area contributed by atoms with Crippen molar-refractivity contribution in [2.24, 2.45) is 16.6 Å². The molecular weight excluding hydrogens is 296 g/mol. The molecule has 0 aromatic heterocycles. The van der Waals surface area contributed by atoms with E-state index in [-0.39, 0.29) is 24.3 Å². The molecule has 23 heavy (non-hydrogen) atoms. The molecule has 0 saturated carbocycles. The Morgan fingerprint density at radius 2 is 2.09 bits per heavy atom. The summed E-state index contributed by atoms with van der Waals surface area (Å²) in [5.41, 5.74) is 4.78. The van der Waals surface area contributed by atoms with Crippen LogP contribution in [0.1, 0.15) is 47.0 Å². The summed E-state index contributed by atoms with van der Waals surface area (Å²) in [6.45, 7) is 9.75. The van der Waals surface area contributed by atoms with E-state index in [0.29, 0.717) is 18.9 Å². The van der Waals surface area contributed by atoms with Crippen LogP contribution in [-0.4, -0.2) is 54.5 Å². The highest BCUT2D eigenvalue weighted by Crippen LogP contribution is 2.19. The Morgan fingerprint density at radius 1 is 1.39 bits per heavy atom. The Labute approximate surface area is 138 Å². The number of hydrogen-bond acceptors (Lipinski definition) is 4. The van der Waals surface area contributed by atoms with Gasteiger partial charge in [0.25, 0.3) is 0 Å². The molecule has 1 rings (SSSR count). The number of nitrogens with one attached hydrogen (secondary N) is 1. The maximum Gasteiger partial charge on any atom is 0.328 e. The first-order chi connectivity index (χ1) is 10.7. The van der Waals surface area contributed by atoms with E-state index in [0.717, 1.165) is 25.9 Å². The van der Waals surface area contributed by atoms with Gasteiger partial charge in [-0.1, -0.05) is 0 Å². The molecule has 1 atom stereocenters. The van der Waals surface area contributed by atoms with Gasteiger partial charge in [0.2, 0.25) is 5.91 Å². The van der Waals surface area contributed by atoms with Gasteiger partial charge in [-0.25, -0.2) is 4.99 Å². The summed E-state index contributed by atoms with van der Waals surface area (Å²) in [7, 11) is 0. The molecule has 132 valence electrons. The number of nitrogens with zero attached hydrogens (tertiary/aromatic N) is 2. The number of rotatable bonds is 5. The fraction of sp³-hybridized carbons (Fsp3) is 0.812. The lowest BCUT2D eigenvalue weighted by Crippen LogP contribution is -2.47. The fourth-order valence-electron chi connectivity index (χ4n) is 2.65. The summed E-state index contributed by atoms with van der Waals surface area (Å²) in [5.74, 6) is 0.310. The predicted octanol–water partition coefficient (Wildman–Crippen LogP) is 0.881. The van der Waals surface area contributed by atoms with Gasteiger partial charge < -0.3 is 20.7 Å². The molecule has 3 N–H and O–H groups in total. The molecule has 7 heteroatoms. The predicted molar refractivity (Wildman–Crippen MR) is 89.9 cm³/mol. The number of piperidine rings is 1. The van der Waals surface area contributed by atoms with Crippen molar-refractivity contribution in [2.45, 2.75) is 52.6 Å². The standard InChI is InChI=1S/C16H30N4O3/c1-5-18-15(19-10-14(22)23-16(2,3)4)20-8-6-7-12(11-20)9-13(17)21/h12H,5-11H2,1-4H3,(H2,17,21)(H,18,19). The zero-order valence-corrected chi connectivity index (χ0v) is 14.7.